The monoisotopic (exact) mass is 304 g/mol. The van der Waals surface area contributed by atoms with Crippen LogP contribution < -0.4 is 4.39 Å². The number of aryl methyl sites for hydroxylation is 1. The maximum absolute atomic E-state index is 12.7. The highest BCUT2D eigenvalue weighted by atomic mass is 32.2. The predicted molar refractivity (Wildman–Crippen MR) is 83.3 cm³/mol. The molecule has 0 aliphatic carbocycles. The van der Waals surface area contributed by atoms with Crippen molar-refractivity contribution in [2.75, 3.05) is 0 Å². The molecule has 6 heteroatoms. The molecule has 2 N–H and O–H groups in total. The number of hydrogen-bond donors (Lipinski definition) is 2. The van der Waals surface area contributed by atoms with E-state index in [4.69, 9.17) is 4.78 Å². The second kappa shape index (κ2) is 4.74. The Morgan fingerprint density at radius 2 is 1.83 bits per heavy atom. The van der Waals surface area contributed by atoms with Gasteiger partial charge in [-0.05, 0) is 35.4 Å². The zero-order valence-electron chi connectivity index (χ0n) is 12.3. The molecule has 1 unspecified atom stereocenters. The molecular formula is C12H24N2OS2Si. The molecule has 1 aromatic rings. The smallest absolute Gasteiger partial charge is 0.140 e. The predicted octanol–water partition coefficient (Wildman–Crippen LogP) is 4.28. The first-order valence-corrected chi connectivity index (χ1v) is 11.4. The Bertz CT molecular complexity index is 539. The molecule has 0 amide bonds. The Balaban J connectivity index is 3.15. The van der Waals surface area contributed by atoms with Crippen LogP contribution in [-0.4, -0.2) is 12.4 Å². The molecule has 3 nitrogen and oxygen atoms in total. The summed E-state index contributed by atoms with van der Waals surface area (Å²) < 4.78 is 24.8. The molecular weight excluding hydrogens is 280 g/mol. The lowest BCUT2D eigenvalue weighted by atomic mass is 10.2. The van der Waals surface area contributed by atoms with E-state index in [1.165, 1.54) is 11.3 Å². The van der Waals surface area contributed by atoms with Crippen molar-refractivity contribution in [2.45, 2.75) is 57.0 Å². The Morgan fingerprint density at radius 1 is 1.33 bits per heavy atom. The van der Waals surface area contributed by atoms with Crippen molar-refractivity contribution in [3.05, 3.63) is 16.5 Å². The van der Waals surface area contributed by atoms with Crippen molar-refractivity contribution in [3.8, 4) is 0 Å². The molecule has 18 heavy (non-hydrogen) atoms. The van der Waals surface area contributed by atoms with Gasteiger partial charge in [-0.15, -0.1) is 11.3 Å². The van der Waals surface area contributed by atoms with Crippen LogP contribution in [0.4, 0.5) is 0 Å². The maximum Gasteiger partial charge on any atom is 0.140 e. The van der Waals surface area contributed by atoms with Crippen molar-refractivity contribution < 1.29 is 4.21 Å². The summed E-state index contributed by atoms with van der Waals surface area (Å²) in [4.78, 5) is 0. The molecule has 1 heterocycles. The molecule has 0 saturated heterocycles. The van der Waals surface area contributed by atoms with Crippen LogP contribution in [-0.2, 0) is 9.92 Å². The molecule has 0 aliphatic rings. The fraction of sp³-hybridized carbons (Fsp3) is 0.667. The van der Waals surface area contributed by atoms with Crippen LogP contribution in [0.5, 0.6) is 0 Å². The first-order valence-electron chi connectivity index (χ1n) is 6.01. The van der Waals surface area contributed by atoms with Gasteiger partial charge >= 0.3 is 0 Å². The van der Waals surface area contributed by atoms with Gasteiger partial charge in [0.25, 0.3) is 0 Å². The lowest BCUT2D eigenvalue weighted by molar-refractivity contribution is 0.666. The van der Waals surface area contributed by atoms with Crippen LogP contribution in [0.15, 0.2) is 9.59 Å². The third-order valence-electron chi connectivity index (χ3n) is 3.78. The molecule has 104 valence electrons. The van der Waals surface area contributed by atoms with Gasteiger partial charge in [0.2, 0.25) is 0 Å². The van der Waals surface area contributed by atoms with Gasteiger partial charge < -0.3 is 0 Å². The lowest BCUT2D eigenvalue weighted by Crippen LogP contribution is -2.54. The molecule has 0 spiro atoms. The highest BCUT2D eigenvalue weighted by molar-refractivity contribution is 7.94. The third-order valence-corrected chi connectivity index (χ3v) is 13.5. The van der Waals surface area contributed by atoms with E-state index in [1.807, 2.05) is 19.2 Å². The fourth-order valence-corrected chi connectivity index (χ4v) is 8.24. The number of hydrogen-bond acceptors (Lipinski definition) is 3. The topological polar surface area (TPSA) is 53.0 Å². The van der Waals surface area contributed by atoms with E-state index in [0.717, 1.165) is 11.1 Å². The molecule has 0 aromatic carbocycles. The van der Waals surface area contributed by atoms with E-state index < -0.39 is 18.2 Å². The van der Waals surface area contributed by atoms with Gasteiger partial charge in [-0.2, -0.15) is 0 Å². The van der Waals surface area contributed by atoms with Gasteiger partial charge in [0.15, 0.2) is 0 Å². The van der Waals surface area contributed by atoms with Gasteiger partial charge in [-0.1, -0.05) is 33.9 Å². The van der Waals surface area contributed by atoms with Gasteiger partial charge in [0, 0.05) is 0 Å². The van der Waals surface area contributed by atoms with Gasteiger partial charge in [-0.25, -0.2) is 13.4 Å². The van der Waals surface area contributed by atoms with Gasteiger partial charge in [0.1, 0.15) is 22.4 Å². The fourth-order valence-electron chi connectivity index (χ4n) is 1.32. The molecule has 0 fully saturated rings. The summed E-state index contributed by atoms with van der Waals surface area (Å²) in [7, 11) is -4.82. The van der Waals surface area contributed by atoms with Crippen molar-refractivity contribution >= 4 is 29.5 Å². The Hall–Kier alpha value is -0.173. The average Bonchev–Trinajstić information content (AvgIpc) is 2.44. The van der Waals surface area contributed by atoms with Crippen molar-refractivity contribution in [1.82, 2.24) is 4.39 Å². The lowest BCUT2D eigenvalue weighted by Gasteiger charge is -2.37. The Kier molecular flexibility index (Phi) is 4.18. The minimum Gasteiger partial charge on any atom is -0.248 e. The highest BCUT2D eigenvalue weighted by Crippen LogP contribution is 2.36. The zero-order chi connectivity index (χ0) is 14.4. The molecule has 1 rings (SSSR count). The molecule has 0 radical (unpaired) electrons. The highest BCUT2D eigenvalue weighted by Gasteiger charge is 2.38. The van der Waals surface area contributed by atoms with E-state index in [-0.39, 0.29) is 5.04 Å². The van der Waals surface area contributed by atoms with Crippen molar-refractivity contribution in [3.63, 3.8) is 0 Å². The maximum atomic E-state index is 12.7. The van der Waals surface area contributed by atoms with Crippen LogP contribution in [0.1, 0.15) is 31.9 Å². The van der Waals surface area contributed by atoms with Crippen LogP contribution in [0.2, 0.25) is 18.1 Å². The molecule has 1 aromatic heterocycles. The molecule has 0 saturated carbocycles. The van der Waals surface area contributed by atoms with Crippen molar-refractivity contribution in [1.29, 1.82) is 4.78 Å². The number of nitrogens with one attached hydrogen (secondary N) is 2. The summed E-state index contributed by atoms with van der Waals surface area (Å²) in [5, 5.41) is 2.04. The summed E-state index contributed by atoms with van der Waals surface area (Å²) in [5.41, 5.74) is 2.11. The van der Waals surface area contributed by atoms with E-state index in [2.05, 4.69) is 38.3 Å². The largest absolute Gasteiger partial charge is 0.248 e. The summed E-state index contributed by atoms with van der Waals surface area (Å²) in [6.45, 7) is 14.7. The Morgan fingerprint density at radius 3 is 2.17 bits per heavy atom. The summed E-state index contributed by atoms with van der Waals surface area (Å²) in [5.74, 6) is 0. The summed E-state index contributed by atoms with van der Waals surface area (Å²) >= 11 is 1.43. The molecule has 0 aliphatic heterocycles. The van der Waals surface area contributed by atoms with E-state index in [1.54, 1.807) is 0 Å². The second-order valence-corrected chi connectivity index (χ2v) is 14.6. The standard InChI is InChI=1S/C12H24N2OS2Si/c1-9-8-16-11(10(9)2)17(13,15)14-18(6,7)12(3,4)5/h8H,1-7H3,(H2,13,14,15). The van der Waals surface area contributed by atoms with E-state index in [9.17, 15) is 4.21 Å². The molecule has 1 atom stereocenters. The first-order chi connectivity index (χ1) is 7.88. The Labute approximate surface area is 116 Å². The van der Waals surface area contributed by atoms with Crippen LogP contribution in [0, 0.1) is 18.6 Å². The summed E-state index contributed by atoms with van der Waals surface area (Å²) in [6, 6.07) is 0. The molecule has 0 bridgehead atoms. The van der Waals surface area contributed by atoms with Gasteiger partial charge in [0.05, 0.1) is 0 Å². The van der Waals surface area contributed by atoms with Crippen LogP contribution >= 0.6 is 11.3 Å². The minimum atomic E-state index is -2.88. The van der Waals surface area contributed by atoms with Crippen LogP contribution in [0.3, 0.4) is 0 Å². The van der Waals surface area contributed by atoms with E-state index >= 15 is 0 Å². The second-order valence-electron chi connectivity index (χ2n) is 6.36. The average molecular weight is 305 g/mol. The first kappa shape index (κ1) is 15.9. The van der Waals surface area contributed by atoms with Crippen molar-refractivity contribution in [2.24, 2.45) is 0 Å². The van der Waals surface area contributed by atoms with Gasteiger partial charge in [-0.3, -0.25) is 0 Å². The zero-order valence-corrected chi connectivity index (χ0v) is 14.9. The normalized spacial score (nSPS) is 16.6. The number of thiophene rings is 1. The summed E-state index contributed by atoms with van der Waals surface area (Å²) in [6.07, 6.45) is 0. The van der Waals surface area contributed by atoms with Crippen LogP contribution in [0.25, 0.3) is 0 Å². The minimum absolute atomic E-state index is 0.0664. The quantitative estimate of drug-likeness (QED) is 0.805. The third kappa shape index (κ3) is 3.04. The van der Waals surface area contributed by atoms with E-state index in [0.29, 0.717) is 4.21 Å². The SMILES string of the molecule is Cc1csc(S(=N)(=O)N[Si](C)(C)C(C)(C)C)c1C. The number of rotatable bonds is 3.